The van der Waals surface area contributed by atoms with E-state index in [2.05, 4.69) is 21.7 Å². The molecular weight excluding hydrogens is 654 g/mol. The monoisotopic (exact) mass is 702 g/mol. The van der Waals surface area contributed by atoms with Crippen molar-refractivity contribution in [3.8, 4) is 22.6 Å². The van der Waals surface area contributed by atoms with Crippen LogP contribution in [0.2, 0.25) is 0 Å². The fourth-order valence-electron chi connectivity index (χ4n) is 6.98. The van der Waals surface area contributed by atoms with Gasteiger partial charge in [-0.2, -0.15) is 0 Å². The molecule has 0 unspecified atom stereocenters. The highest BCUT2D eigenvalue weighted by atomic mass is 19.1. The molecule has 4 aromatic carbocycles. The van der Waals surface area contributed by atoms with Crippen molar-refractivity contribution in [2.24, 2.45) is 5.73 Å². The second kappa shape index (κ2) is 17.0. The van der Waals surface area contributed by atoms with Crippen LogP contribution in [0.3, 0.4) is 0 Å². The van der Waals surface area contributed by atoms with Crippen molar-refractivity contribution in [2.45, 2.75) is 45.3 Å². The van der Waals surface area contributed by atoms with E-state index in [-0.39, 0.29) is 12.0 Å². The lowest BCUT2D eigenvalue weighted by Crippen LogP contribution is -2.44. The maximum Gasteiger partial charge on any atom is 0.303 e. The quantitative estimate of drug-likeness (QED) is 0.194. The number of rotatable bonds is 10. The summed E-state index contributed by atoms with van der Waals surface area (Å²) in [5.74, 6) is -0.620. The molecule has 9 nitrogen and oxygen atoms in total. The molecule has 2 heterocycles. The van der Waals surface area contributed by atoms with Crippen LogP contribution in [0.1, 0.15) is 46.3 Å². The van der Waals surface area contributed by atoms with Gasteiger partial charge in [-0.1, -0.05) is 36.4 Å². The second-order valence-electron chi connectivity index (χ2n) is 13.3. The number of halogens is 2. The molecule has 51 heavy (non-hydrogen) atoms. The Bertz CT molecular complexity index is 1800. The van der Waals surface area contributed by atoms with Gasteiger partial charge in [0.05, 0.1) is 25.3 Å². The summed E-state index contributed by atoms with van der Waals surface area (Å²) in [5.41, 5.74) is 10.5. The molecule has 6 rings (SSSR count). The number of likely N-dealkylation sites (N-methyl/N-ethyl adjacent to an activating group) is 1. The van der Waals surface area contributed by atoms with E-state index in [1.165, 1.54) is 6.07 Å². The number of carbonyl (C=O) groups is 2. The predicted molar refractivity (Wildman–Crippen MR) is 197 cm³/mol. The SMILES string of the molecule is COc1cc(CN2CCC(F)CC2)cc(OC)c1-c1cccc2c(CCC(=O)O)cccc12.Cc1cc(N2CCN(C)CC2)cc(F)c1C(N)=O. The first-order valence-electron chi connectivity index (χ1n) is 17.4. The molecule has 2 aliphatic heterocycles. The molecule has 2 aliphatic rings. The summed E-state index contributed by atoms with van der Waals surface area (Å²) in [6.07, 6.45) is 1.02. The summed E-state index contributed by atoms with van der Waals surface area (Å²) in [7, 11) is 5.37. The number of anilines is 1. The number of aliphatic carboxylic acids is 1. The number of carboxylic acid groups (broad SMARTS) is 1. The van der Waals surface area contributed by atoms with E-state index in [1.54, 1.807) is 21.1 Å². The molecule has 2 fully saturated rings. The first-order chi connectivity index (χ1) is 24.5. The Kier molecular flexibility index (Phi) is 12.5. The van der Waals surface area contributed by atoms with Crippen molar-refractivity contribution in [3.05, 3.63) is 88.7 Å². The highest BCUT2D eigenvalue weighted by Gasteiger charge is 2.22. The lowest BCUT2D eigenvalue weighted by Gasteiger charge is -2.34. The topological polar surface area (TPSA) is 109 Å². The number of methoxy groups -OCH3 is 2. The van der Waals surface area contributed by atoms with E-state index in [9.17, 15) is 18.4 Å². The number of hydrogen-bond donors (Lipinski definition) is 2. The Morgan fingerprint density at radius 3 is 2.12 bits per heavy atom. The van der Waals surface area contributed by atoms with Crippen molar-refractivity contribution >= 4 is 28.3 Å². The Hall–Kier alpha value is -4.74. The number of carbonyl (C=O) groups excluding carboxylic acids is 1. The maximum absolute atomic E-state index is 13.9. The average molecular weight is 703 g/mol. The Labute approximate surface area is 298 Å². The molecule has 0 bridgehead atoms. The van der Waals surface area contributed by atoms with Gasteiger partial charge >= 0.3 is 5.97 Å². The number of carboxylic acids is 1. The zero-order chi connectivity index (χ0) is 36.7. The number of amides is 1. The molecule has 0 spiro atoms. The number of likely N-dealkylation sites (tertiary alicyclic amines) is 1. The van der Waals surface area contributed by atoms with Crippen molar-refractivity contribution < 1.29 is 33.0 Å². The number of aryl methyl sites for hydroxylation is 2. The number of nitrogens with two attached hydrogens (primary N) is 1. The predicted octanol–water partition coefficient (Wildman–Crippen LogP) is 6.46. The van der Waals surface area contributed by atoms with E-state index in [4.69, 9.17) is 20.3 Å². The minimum Gasteiger partial charge on any atom is -0.496 e. The van der Waals surface area contributed by atoms with Crippen molar-refractivity contribution in [1.82, 2.24) is 9.80 Å². The van der Waals surface area contributed by atoms with Gasteiger partial charge in [-0.25, -0.2) is 8.78 Å². The summed E-state index contributed by atoms with van der Waals surface area (Å²) in [5, 5.41) is 11.2. The maximum atomic E-state index is 13.9. The Morgan fingerprint density at radius 2 is 1.53 bits per heavy atom. The van der Waals surface area contributed by atoms with Crippen LogP contribution in [-0.4, -0.2) is 93.5 Å². The largest absolute Gasteiger partial charge is 0.496 e. The van der Waals surface area contributed by atoms with Gasteiger partial charge in [0, 0.05) is 57.9 Å². The molecule has 3 N–H and O–H groups in total. The number of nitrogens with zero attached hydrogens (tertiary/aromatic N) is 3. The van der Waals surface area contributed by atoms with Gasteiger partial charge in [0.25, 0.3) is 5.91 Å². The number of alkyl halides is 1. The molecule has 0 aliphatic carbocycles. The number of piperidine rings is 1. The zero-order valence-corrected chi connectivity index (χ0v) is 29.9. The van der Waals surface area contributed by atoms with Crippen LogP contribution in [0.5, 0.6) is 11.5 Å². The van der Waals surface area contributed by atoms with Crippen LogP contribution in [-0.2, 0) is 17.8 Å². The minimum absolute atomic E-state index is 0.00659. The van der Waals surface area contributed by atoms with E-state index in [0.29, 0.717) is 42.9 Å². The molecule has 0 aromatic heterocycles. The number of hydrogen-bond acceptors (Lipinski definition) is 7. The van der Waals surface area contributed by atoms with Gasteiger partial charge in [-0.15, -0.1) is 0 Å². The van der Waals surface area contributed by atoms with E-state index < -0.39 is 23.9 Å². The fraction of sp³-hybridized carbons (Fsp3) is 0.400. The number of ether oxygens (including phenoxy) is 2. The summed E-state index contributed by atoms with van der Waals surface area (Å²) in [4.78, 5) is 28.9. The summed E-state index contributed by atoms with van der Waals surface area (Å²) < 4.78 is 39.0. The smallest absolute Gasteiger partial charge is 0.303 e. The lowest BCUT2D eigenvalue weighted by atomic mass is 9.92. The van der Waals surface area contributed by atoms with Crippen molar-refractivity contribution in [1.29, 1.82) is 0 Å². The van der Waals surface area contributed by atoms with Crippen LogP contribution < -0.4 is 20.1 Å². The zero-order valence-electron chi connectivity index (χ0n) is 29.9. The van der Waals surface area contributed by atoms with Crippen LogP contribution in [0.15, 0.2) is 60.7 Å². The summed E-state index contributed by atoms with van der Waals surface area (Å²) >= 11 is 0. The van der Waals surface area contributed by atoms with Crippen molar-refractivity contribution in [2.75, 3.05) is 65.4 Å². The summed E-state index contributed by atoms with van der Waals surface area (Å²) in [6, 6.07) is 19.3. The second-order valence-corrected chi connectivity index (χ2v) is 13.3. The van der Waals surface area contributed by atoms with Gasteiger partial charge < -0.3 is 30.1 Å². The standard InChI is InChI=1S/C27H30FNO4.C13H18FN3O/c1-32-24-15-18(17-29-13-11-20(28)12-14-29)16-25(33-2)27(24)23-8-4-6-21-19(9-10-26(30)31)5-3-7-22(21)23;1-9-7-10(8-11(14)12(9)13(15)18)17-5-3-16(2)4-6-17/h3-8,15-16,20H,9-14,17H2,1-2H3,(H,30,31);7-8H,3-6H2,1-2H3,(H2,15,18). The van der Waals surface area contributed by atoms with E-state index >= 15 is 0 Å². The third-order valence-electron chi connectivity index (χ3n) is 9.77. The highest BCUT2D eigenvalue weighted by Crippen LogP contribution is 2.43. The van der Waals surface area contributed by atoms with Gasteiger partial charge in [-0.3, -0.25) is 14.5 Å². The van der Waals surface area contributed by atoms with Crippen molar-refractivity contribution in [3.63, 3.8) is 0 Å². The van der Waals surface area contributed by atoms with Gasteiger partial charge in [-0.05, 0) is 90.5 Å². The van der Waals surface area contributed by atoms with E-state index in [0.717, 1.165) is 78.0 Å². The normalized spacial score (nSPS) is 15.7. The van der Waals surface area contributed by atoms with Gasteiger partial charge in [0.15, 0.2) is 0 Å². The first-order valence-corrected chi connectivity index (χ1v) is 17.4. The molecule has 0 radical (unpaired) electrons. The minimum atomic E-state index is -0.808. The molecule has 1 amide bonds. The Morgan fingerprint density at radius 1 is 0.902 bits per heavy atom. The third kappa shape index (κ3) is 9.14. The van der Waals surface area contributed by atoms with Crippen LogP contribution in [0, 0.1) is 12.7 Å². The first kappa shape index (κ1) is 37.5. The Balaban J connectivity index is 0.000000236. The van der Waals surface area contributed by atoms with Crippen LogP contribution >= 0.6 is 0 Å². The fourth-order valence-corrected chi connectivity index (χ4v) is 6.98. The van der Waals surface area contributed by atoms with Gasteiger partial charge in [0.1, 0.15) is 23.5 Å². The molecule has 11 heteroatoms. The summed E-state index contributed by atoms with van der Waals surface area (Å²) in [6.45, 7) is 7.57. The van der Waals surface area contributed by atoms with Crippen LogP contribution in [0.4, 0.5) is 14.5 Å². The molecule has 4 aromatic rings. The molecule has 272 valence electrons. The number of fused-ring (bicyclic) bond motifs is 1. The third-order valence-corrected chi connectivity index (χ3v) is 9.77. The molecule has 2 saturated heterocycles. The number of primary amides is 1. The molecular formula is C40H48F2N4O5. The van der Waals surface area contributed by atoms with Gasteiger partial charge in [0.2, 0.25) is 0 Å². The van der Waals surface area contributed by atoms with Crippen LogP contribution in [0.25, 0.3) is 21.9 Å². The molecule has 0 saturated carbocycles. The van der Waals surface area contributed by atoms with E-state index in [1.807, 2.05) is 54.6 Å². The molecule has 0 atom stereocenters. The lowest BCUT2D eigenvalue weighted by molar-refractivity contribution is -0.136. The average Bonchev–Trinajstić information content (AvgIpc) is 3.11. The number of piperazine rings is 1. The highest BCUT2D eigenvalue weighted by molar-refractivity contribution is 6.01. The number of benzene rings is 4.